The van der Waals surface area contributed by atoms with Crippen LogP contribution in [0.4, 0.5) is 0 Å². The zero-order valence-electron chi connectivity index (χ0n) is 13.7. The zero-order chi connectivity index (χ0) is 16.1. The lowest BCUT2D eigenvalue weighted by Crippen LogP contribution is -2.43. The number of hydrogen-bond donors (Lipinski definition) is 1. The molecule has 130 valence electrons. The van der Waals surface area contributed by atoms with Crippen molar-refractivity contribution < 1.29 is 13.9 Å². The summed E-state index contributed by atoms with van der Waals surface area (Å²) in [5.74, 6) is 0.162. The number of amides is 1. The molecule has 1 aromatic carbocycles. The van der Waals surface area contributed by atoms with Gasteiger partial charge in [-0.3, -0.25) is 9.69 Å². The first-order valence-electron chi connectivity index (χ1n) is 7.94. The number of benzene rings is 1. The minimum Gasteiger partial charge on any atom is -0.459 e. The molecule has 2 aromatic rings. The summed E-state index contributed by atoms with van der Waals surface area (Å²) in [6, 6.07) is 12.0. The van der Waals surface area contributed by atoms with Gasteiger partial charge < -0.3 is 14.5 Å². The summed E-state index contributed by atoms with van der Waals surface area (Å²) >= 11 is 0. The largest absolute Gasteiger partial charge is 0.459 e. The van der Waals surface area contributed by atoms with E-state index in [0.717, 1.165) is 26.3 Å². The van der Waals surface area contributed by atoms with Crippen LogP contribution < -0.4 is 5.32 Å². The fourth-order valence-corrected chi connectivity index (χ4v) is 2.82. The monoisotopic (exact) mass is 350 g/mol. The summed E-state index contributed by atoms with van der Waals surface area (Å²) in [6.45, 7) is 5.82. The summed E-state index contributed by atoms with van der Waals surface area (Å²) < 4.78 is 10.6. The van der Waals surface area contributed by atoms with E-state index in [1.807, 2.05) is 0 Å². The minimum absolute atomic E-state index is 0. The lowest BCUT2D eigenvalue weighted by Gasteiger charge is -2.35. The molecule has 5 nitrogen and oxygen atoms in total. The zero-order valence-corrected chi connectivity index (χ0v) is 14.6. The van der Waals surface area contributed by atoms with Crippen LogP contribution in [0, 0.1) is 6.92 Å². The Bertz CT molecular complexity index is 622. The van der Waals surface area contributed by atoms with Gasteiger partial charge in [0.25, 0.3) is 5.91 Å². The number of nitrogens with one attached hydrogen (secondary N) is 1. The van der Waals surface area contributed by atoms with Crippen LogP contribution in [-0.2, 0) is 4.74 Å². The van der Waals surface area contributed by atoms with Crippen molar-refractivity contribution in [2.45, 2.75) is 13.0 Å². The topological polar surface area (TPSA) is 54.7 Å². The molecule has 1 amide bonds. The Labute approximate surface area is 148 Å². The maximum absolute atomic E-state index is 12.1. The van der Waals surface area contributed by atoms with Crippen molar-refractivity contribution in [3.8, 4) is 0 Å². The first-order chi connectivity index (χ1) is 11.2. The Kier molecular flexibility index (Phi) is 6.85. The number of furan rings is 1. The van der Waals surface area contributed by atoms with Crippen molar-refractivity contribution in [1.29, 1.82) is 0 Å². The molecule has 1 aliphatic rings. The van der Waals surface area contributed by atoms with Gasteiger partial charge in [0.2, 0.25) is 0 Å². The van der Waals surface area contributed by atoms with Crippen molar-refractivity contribution in [2.75, 3.05) is 32.8 Å². The van der Waals surface area contributed by atoms with Gasteiger partial charge in [0, 0.05) is 19.6 Å². The molecule has 1 saturated heterocycles. The highest BCUT2D eigenvalue weighted by Gasteiger charge is 2.23. The quantitative estimate of drug-likeness (QED) is 0.901. The van der Waals surface area contributed by atoms with Crippen molar-refractivity contribution >= 4 is 18.3 Å². The van der Waals surface area contributed by atoms with E-state index in [-0.39, 0.29) is 24.4 Å². The number of carbonyl (C=O) groups is 1. The Morgan fingerprint density at radius 1 is 1.21 bits per heavy atom. The Hall–Kier alpha value is -1.82. The Morgan fingerprint density at radius 2 is 1.92 bits per heavy atom. The first-order valence-corrected chi connectivity index (χ1v) is 7.94. The van der Waals surface area contributed by atoms with Crippen LogP contribution >= 0.6 is 12.4 Å². The second kappa shape index (κ2) is 8.87. The Morgan fingerprint density at radius 3 is 2.54 bits per heavy atom. The second-order valence-electron chi connectivity index (χ2n) is 5.76. The standard InChI is InChI=1S/C18H22N2O3.ClH/c1-14-4-6-15(7-5-14)16(20-8-11-22-12-9-20)13-19-18(21)17-3-2-10-23-17;/h2-7,10,16H,8-9,11-13H2,1H3,(H,19,21);1H. The molecule has 0 radical (unpaired) electrons. The van der Waals surface area contributed by atoms with E-state index < -0.39 is 0 Å². The van der Waals surface area contributed by atoms with E-state index >= 15 is 0 Å². The number of carbonyl (C=O) groups excluding carboxylic acids is 1. The highest BCUT2D eigenvalue weighted by molar-refractivity contribution is 5.91. The normalized spacial score (nSPS) is 16.2. The van der Waals surface area contributed by atoms with Gasteiger partial charge in [0.15, 0.2) is 5.76 Å². The van der Waals surface area contributed by atoms with Crippen LogP contribution in [0.2, 0.25) is 0 Å². The fourth-order valence-electron chi connectivity index (χ4n) is 2.82. The summed E-state index contributed by atoms with van der Waals surface area (Å²) in [5, 5.41) is 2.98. The molecule has 2 heterocycles. The molecule has 24 heavy (non-hydrogen) atoms. The molecule has 1 aliphatic heterocycles. The van der Waals surface area contributed by atoms with E-state index in [1.54, 1.807) is 12.1 Å². The molecule has 3 rings (SSSR count). The van der Waals surface area contributed by atoms with Crippen molar-refractivity contribution in [3.63, 3.8) is 0 Å². The van der Waals surface area contributed by atoms with Crippen LogP contribution in [-0.4, -0.2) is 43.7 Å². The Balaban J connectivity index is 0.00000208. The highest BCUT2D eigenvalue weighted by atomic mass is 35.5. The van der Waals surface area contributed by atoms with Gasteiger partial charge in [0.1, 0.15) is 0 Å². The number of hydrogen-bond acceptors (Lipinski definition) is 4. The summed E-state index contributed by atoms with van der Waals surface area (Å²) in [5.41, 5.74) is 2.44. The van der Waals surface area contributed by atoms with Crippen LogP contribution in [0.3, 0.4) is 0 Å². The first kappa shape index (κ1) is 18.5. The van der Waals surface area contributed by atoms with Crippen LogP contribution in [0.15, 0.2) is 47.1 Å². The molecule has 0 saturated carbocycles. The number of aryl methyl sites for hydroxylation is 1. The van der Waals surface area contributed by atoms with E-state index in [9.17, 15) is 4.79 Å². The molecular formula is C18H23ClN2O3. The third-order valence-electron chi connectivity index (χ3n) is 4.15. The SMILES string of the molecule is Cc1ccc(C(CNC(=O)c2ccco2)N2CCOCC2)cc1.Cl. The molecule has 1 unspecified atom stereocenters. The highest BCUT2D eigenvalue weighted by Crippen LogP contribution is 2.22. The van der Waals surface area contributed by atoms with Gasteiger partial charge >= 0.3 is 0 Å². The predicted molar refractivity (Wildman–Crippen MR) is 94.6 cm³/mol. The lowest BCUT2D eigenvalue weighted by atomic mass is 10.0. The summed E-state index contributed by atoms with van der Waals surface area (Å²) in [7, 11) is 0. The number of rotatable bonds is 5. The maximum atomic E-state index is 12.1. The number of ether oxygens (including phenoxy) is 1. The average molecular weight is 351 g/mol. The van der Waals surface area contributed by atoms with Crippen LogP contribution in [0.25, 0.3) is 0 Å². The van der Waals surface area contributed by atoms with E-state index in [0.29, 0.717) is 12.3 Å². The molecule has 1 aromatic heterocycles. The van der Waals surface area contributed by atoms with Crippen LogP contribution in [0.1, 0.15) is 27.7 Å². The second-order valence-corrected chi connectivity index (χ2v) is 5.76. The number of morpholine rings is 1. The molecule has 1 fully saturated rings. The molecule has 1 atom stereocenters. The summed E-state index contributed by atoms with van der Waals surface area (Å²) in [4.78, 5) is 14.5. The van der Waals surface area contributed by atoms with Crippen LogP contribution in [0.5, 0.6) is 0 Å². The fraction of sp³-hybridized carbons (Fsp3) is 0.389. The third-order valence-corrected chi connectivity index (χ3v) is 4.15. The maximum Gasteiger partial charge on any atom is 0.287 e. The summed E-state index contributed by atoms with van der Waals surface area (Å²) in [6.07, 6.45) is 1.51. The minimum atomic E-state index is -0.180. The molecular weight excluding hydrogens is 328 g/mol. The third kappa shape index (κ3) is 4.60. The smallest absolute Gasteiger partial charge is 0.287 e. The number of nitrogens with zero attached hydrogens (tertiary/aromatic N) is 1. The molecule has 0 bridgehead atoms. The van der Waals surface area contributed by atoms with E-state index in [1.165, 1.54) is 17.4 Å². The van der Waals surface area contributed by atoms with E-state index in [2.05, 4.69) is 41.4 Å². The van der Waals surface area contributed by atoms with Gasteiger partial charge in [0.05, 0.1) is 25.5 Å². The van der Waals surface area contributed by atoms with Gasteiger partial charge in [-0.25, -0.2) is 0 Å². The molecule has 6 heteroatoms. The molecule has 0 aliphatic carbocycles. The molecule has 1 N–H and O–H groups in total. The van der Waals surface area contributed by atoms with Gasteiger partial charge in [-0.05, 0) is 24.6 Å². The van der Waals surface area contributed by atoms with Gasteiger partial charge in [-0.1, -0.05) is 29.8 Å². The van der Waals surface area contributed by atoms with Gasteiger partial charge in [-0.15, -0.1) is 12.4 Å². The number of halogens is 1. The van der Waals surface area contributed by atoms with Crippen molar-refractivity contribution in [3.05, 3.63) is 59.5 Å². The van der Waals surface area contributed by atoms with Crippen molar-refractivity contribution in [1.82, 2.24) is 10.2 Å². The van der Waals surface area contributed by atoms with Crippen molar-refractivity contribution in [2.24, 2.45) is 0 Å². The van der Waals surface area contributed by atoms with E-state index in [4.69, 9.17) is 9.15 Å². The molecule has 0 spiro atoms. The van der Waals surface area contributed by atoms with Gasteiger partial charge in [-0.2, -0.15) is 0 Å². The predicted octanol–water partition coefficient (Wildman–Crippen LogP) is 2.81. The lowest BCUT2D eigenvalue weighted by molar-refractivity contribution is 0.0161. The average Bonchev–Trinajstić information content (AvgIpc) is 3.12.